The highest BCUT2D eigenvalue weighted by Gasteiger charge is 2.32. The van der Waals surface area contributed by atoms with Crippen LogP contribution in [0.5, 0.6) is 0 Å². The van der Waals surface area contributed by atoms with Gasteiger partial charge < -0.3 is 15.0 Å². The molecule has 0 aliphatic carbocycles. The number of amides is 1. The number of non-ortho nitro benzene ring substituents is 1. The fourth-order valence-corrected chi connectivity index (χ4v) is 3.80. The number of hydrogen-bond acceptors (Lipinski definition) is 7. The van der Waals surface area contributed by atoms with Crippen molar-refractivity contribution in [2.75, 3.05) is 26.3 Å². The molecule has 2 aliphatic rings. The van der Waals surface area contributed by atoms with Gasteiger partial charge in [0.15, 0.2) is 0 Å². The van der Waals surface area contributed by atoms with Gasteiger partial charge in [-0.2, -0.15) is 5.26 Å². The Hall–Kier alpha value is -2.57. The van der Waals surface area contributed by atoms with E-state index in [4.69, 9.17) is 4.74 Å². The number of carbonyl (C=O) groups is 1. The van der Waals surface area contributed by atoms with E-state index in [0.717, 1.165) is 0 Å². The lowest BCUT2D eigenvalue weighted by atomic mass is 10.2. The molecule has 2 aliphatic heterocycles. The van der Waals surface area contributed by atoms with Crippen molar-refractivity contribution in [3.63, 3.8) is 0 Å². The Morgan fingerprint density at radius 2 is 2.17 bits per heavy atom. The smallest absolute Gasteiger partial charge is 0.269 e. The number of hydrogen-bond donors (Lipinski definition) is 1. The molecule has 1 N–H and O–H groups in total. The largest absolute Gasteiger partial charge is 0.378 e. The van der Waals surface area contributed by atoms with Crippen molar-refractivity contribution in [1.29, 1.82) is 5.26 Å². The van der Waals surface area contributed by atoms with Crippen LogP contribution in [0.15, 0.2) is 34.9 Å². The molecule has 2 heterocycles. The molecule has 9 heteroatoms. The number of ether oxygens (including phenoxy) is 1. The Bertz CT molecular complexity index is 752. The van der Waals surface area contributed by atoms with Crippen molar-refractivity contribution in [2.24, 2.45) is 0 Å². The van der Waals surface area contributed by atoms with E-state index in [0.29, 0.717) is 36.9 Å². The van der Waals surface area contributed by atoms with E-state index in [-0.39, 0.29) is 11.3 Å². The molecule has 1 fully saturated rings. The van der Waals surface area contributed by atoms with Crippen molar-refractivity contribution in [3.05, 3.63) is 50.5 Å². The van der Waals surface area contributed by atoms with Gasteiger partial charge >= 0.3 is 0 Å². The quantitative estimate of drug-likeness (QED) is 0.653. The molecular weight excluding hydrogens is 332 g/mol. The van der Waals surface area contributed by atoms with E-state index in [9.17, 15) is 20.2 Å². The van der Waals surface area contributed by atoms with Crippen LogP contribution in [0.2, 0.25) is 0 Å². The molecule has 1 amide bonds. The molecule has 1 aromatic rings. The summed E-state index contributed by atoms with van der Waals surface area (Å²) in [5, 5.41) is 23.1. The van der Waals surface area contributed by atoms with Crippen LogP contribution in [0.1, 0.15) is 10.9 Å². The number of nitro benzene ring substituents is 1. The summed E-state index contributed by atoms with van der Waals surface area (Å²) in [5.74, 6) is -0.464. The zero-order valence-corrected chi connectivity index (χ0v) is 13.4. The molecule has 124 valence electrons. The SMILES string of the molecule is N#CC1=C(N2CCOCC2)S[C@@H](c2cccc([N+](=O)[O-])c2)NC1=O. The highest BCUT2D eigenvalue weighted by Crippen LogP contribution is 2.40. The summed E-state index contributed by atoms with van der Waals surface area (Å²) in [7, 11) is 0. The Morgan fingerprint density at radius 1 is 1.42 bits per heavy atom. The standard InChI is InChI=1S/C15H14N4O4S/c16-9-12-13(20)17-14(10-2-1-3-11(8-10)19(21)22)24-15(12)18-4-6-23-7-5-18/h1-3,8,14H,4-7H2,(H,17,20)/t14-/m0/s1. The molecule has 8 nitrogen and oxygen atoms in total. The summed E-state index contributed by atoms with van der Waals surface area (Å²) >= 11 is 1.32. The van der Waals surface area contributed by atoms with Crippen LogP contribution in [0.4, 0.5) is 5.69 Å². The van der Waals surface area contributed by atoms with Gasteiger partial charge in [-0.05, 0) is 5.56 Å². The van der Waals surface area contributed by atoms with Gasteiger partial charge in [0.05, 0.1) is 23.2 Å². The van der Waals surface area contributed by atoms with Crippen LogP contribution in [0.25, 0.3) is 0 Å². The predicted molar refractivity (Wildman–Crippen MR) is 86.6 cm³/mol. The van der Waals surface area contributed by atoms with E-state index >= 15 is 0 Å². The molecule has 0 bridgehead atoms. The monoisotopic (exact) mass is 346 g/mol. The zero-order valence-electron chi connectivity index (χ0n) is 12.6. The number of nitrogens with zero attached hydrogens (tertiary/aromatic N) is 3. The van der Waals surface area contributed by atoms with E-state index in [1.165, 1.54) is 23.9 Å². The molecule has 0 spiro atoms. The lowest BCUT2D eigenvalue weighted by molar-refractivity contribution is -0.384. The third-order valence-corrected chi connectivity index (χ3v) is 5.04. The molecule has 0 aromatic heterocycles. The Morgan fingerprint density at radius 3 is 2.83 bits per heavy atom. The van der Waals surface area contributed by atoms with Gasteiger partial charge in [-0.25, -0.2) is 0 Å². The average molecular weight is 346 g/mol. The van der Waals surface area contributed by atoms with Gasteiger partial charge in [-0.15, -0.1) is 0 Å². The molecule has 1 atom stereocenters. The minimum absolute atomic E-state index is 0.0367. The number of benzene rings is 1. The molecule has 24 heavy (non-hydrogen) atoms. The summed E-state index contributed by atoms with van der Waals surface area (Å²) in [6.45, 7) is 2.27. The minimum Gasteiger partial charge on any atom is -0.378 e. The van der Waals surface area contributed by atoms with E-state index in [1.807, 2.05) is 11.0 Å². The molecule has 3 rings (SSSR count). The van der Waals surface area contributed by atoms with Crippen molar-refractivity contribution in [2.45, 2.75) is 5.37 Å². The summed E-state index contributed by atoms with van der Waals surface area (Å²) in [5.41, 5.74) is 0.652. The van der Waals surface area contributed by atoms with Crippen molar-refractivity contribution >= 4 is 23.4 Å². The maximum atomic E-state index is 12.3. The van der Waals surface area contributed by atoms with E-state index in [1.54, 1.807) is 12.1 Å². The van der Waals surface area contributed by atoms with Crippen LogP contribution < -0.4 is 5.32 Å². The van der Waals surface area contributed by atoms with Gasteiger partial charge in [0, 0.05) is 25.2 Å². The number of nitriles is 1. The van der Waals surface area contributed by atoms with Crippen LogP contribution in [0, 0.1) is 21.4 Å². The van der Waals surface area contributed by atoms with Crippen LogP contribution >= 0.6 is 11.8 Å². The first-order valence-corrected chi connectivity index (χ1v) is 8.17. The highest BCUT2D eigenvalue weighted by atomic mass is 32.2. The zero-order chi connectivity index (χ0) is 17.1. The van der Waals surface area contributed by atoms with Crippen molar-refractivity contribution in [1.82, 2.24) is 10.2 Å². The molecule has 0 saturated carbocycles. The van der Waals surface area contributed by atoms with Crippen LogP contribution in [0.3, 0.4) is 0 Å². The second kappa shape index (κ2) is 6.90. The lowest BCUT2D eigenvalue weighted by Crippen LogP contribution is -2.40. The summed E-state index contributed by atoms with van der Waals surface area (Å²) in [4.78, 5) is 24.7. The molecule has 0 unspecified atom stereocenters. The fourth-order valence-electron chi connectivity index (χ4n) is 2.54. The third-order valence-electron chi connectivity index (χ3n) is 3.73. The second-order valence-corrected chi connectivity index (χ2v) is 6.31. The number of carbonyl (C=O) groups excluding carboxylic acids is 1. The Labute approximate surface area is 142 Å². The highest BCUT2D eigenvalue weighted by molar-refractivity contribution is 8.03. The number of thioether (sulfide) groups is 1. The van der Waals surface area contributed by atoms with Gasteiger partial charge in [0.1, 0.15) is 17.0 Å². The molecule has 1 aromatic carbocycles. The van der Waals surface area contributed by atoms with E-state index in [2.05, 4.69) is 5.32 Å². The first kappa shape index (κ1) is 16.3. The molecule has 0 radical (unpaired) electrons. The maximum Gasteiger partial charge on any atom is 0.269 e. The van der Waals surface area contributed by atoms with Crippen molar-refractivity contribution < 1.29 is 14.5 Å². The number of morpholine rings is 1. The lowest BCUT2D eigenvalue weighted by Gasteiger charge is -2.35. The maximum absolute atomic E-state index is 12.3. The van der Waals surface area contributed by atoms with Gasteiger partial charge in [-0.3, -0.25) is 14.9 Å². The van der Waals surface area contributed by atoms with Gasteiger partial charge in [0.25, 0.3) is 11.6 Å². The normalized spacial score (nSPS) is 21.2. The fraction of sp³-hybridized carbons (Fsp3) is 0.333. The van der Waals surface area contributed by atoms with Gasteiger partial charge in [0.2, 0.25) is 0 Å². The van der Waals surface area contributed by atoms with Crippen LogP contribution in [-0.4, -0.2) is 42.0 Å². The van der Waals surface area contributed by atoms with E-state index < -0.39 is 16.2 Å². The van der Waals surface area contributed by atoms with Crippen molar-refractivity contribution in [3.8, 4) is 6.07 Å². The van der Waals surface area contributed by atoms with Gasteiger partial charge in [-0.1, -0.05) is 23.9 Å². The predicted octanol–water partition coefficient (Wildman–Crippen LogP) is 1.52. The summed E-state index contributed by atoms with van der Waals surface area (Å²) in [6.07, 6.45) is 0. The number of rotatable bonds is 3. The summed E-state index contributed by atoms with van der Waals surface area (Å²) in [6, 6.07) is 8.10. The van der Waals surface area contributed by atoms with Crippen LogP contribution in [-0.2, 0) is 9.53 Å². The Balaban J connectivity index is 1.92. The minimum atomic E-state index is -0.479. The topological polar surface area (TPSA) is 108 Å². The molecule has 1 saturated heterocycles. The Kier molecular flexibility index (Phi) is 4.69. The summed E-state index contributed by atoms with van der Waals surface area (Å²) < 4.78 is 5.31. The average Bonchev–Trinajstić information content (AvgIpc) is 2.62. The molecular formula is C15H14N4O4S. The number of nitrogens with one attached hydrogen (secondary N) is 1. The third kappa shape index (κ3) is 3.20. The number of nitro groups is 1. The first-order chi connectivity index (χ1) is 11.6. The first-order valence-electron chi connectivity index (χ1n) is 7.29. The second-order valence-electron chi connectivity index (χ2n) is 5.21.